The van der Waals surface area contributed by atoms with Crippen molar-refractivity contribution in [3.8, 4) is 0 Å². The lowest BCUT2D eigenvalue weighted by molar-refractivity contribution is -0.217. The van der Waals surface area contributed by atoms with Gasteiger partial charge in [-0.3, -0.25) is 0 Å². The van der Waals surface area contributed by atoms with Gasteiger partial charge in [-0.1, -0.05) is 12.2 Å². The Morgan fingerprint density at radius 3 is 1.64 bits per heavy atom. The standard InChI is InChI=1S/C19H30O6/c1-19(2)24-17-13(22-15-7-3-5-11-20-15)9-10-14(18(17)25-19)23-16-8-4-6-12-21-16/h9-10,13-18H,3-8,11-12H2,1-2H3/t13-,14-,15?,16?,17-,18-/m1/s1. The molecule has 3 saturated heterocycles. The third-order valence-corrected chi connectivity index (χ3v) is 5.20. The maximum Gasteiger partial charge on any atom is 0.164 e. The van der Waals surface area contributed by atoms with Crippen LogP contribution in [-0.2, 0) is 28.4 Å². The largest absolute Gasteiger partial charge is 0.353 e. The van der Waals surface area contributed by atoms with Crippen molar-refractivity contribution >= 4 is 0 Å². The summed E-state index contributed by atoms with van der Waals surface area (Å²) in [7, 11) is 0. The highest BCUT2D eigenvalue weighted by atomic mass is 16.8. The van der Waals surface area contributed by atoms with Gasteiger partial charge in [0, 0.05) is 13.2 Å². The van der Waals surface area contributed by atoms with Crippen LogP contribution in [-0.4, -0.2) is 56.0 Å². The van der Waals surface area contributed by atoms with Crippen LogP contribution in [0.1, 0.15) is 52.4 Å². The maximum absolute atomic E-state index is 6.18. The minimum atomic E-state index is -0.647. The molecular weight excluding hydrogens is 324 g/mol. The smallest absolute Gasteiger partial charge is 0.164 e. The van der Waals surface area contributed by atoms with Gasteiger partial charge in [-0.15, -0.1) is 0 Å². The predicted octanol–water partition coefficient (Wildman–Crippen LogP) is 2.90. The molecule has 3 heterocycles. The van der Waals surface area contributed by atoms with E-state index < -0.39 is 5.79 Å². The molecule has 2 unspecified atom stereocenters. The molecule has 0 radical (unpaired) electrons. The molecule has 0 bridgehead atoms. The zero-order valence-electron chi connectivity index (χ0n) is 15.2. The summed E-state index contributed by atoms with van der Waals surface area (Å²) in [5.74, 6) is -0.647. The molecule has 0 N–H and O–H groups in total. The van der Waals surface area contributed by atoms with Crippen molar-refractivity contribution < 1.29 is 28.4 Å². The summed E-state index contributed by atoms with van der Waals surface area (Å²) in [6.07, 6.45) is 9.38. The molecule has 0 amide bonds. The Balaban J connectivity index is 1.44. The van der Waals surface area contributed by atoms with Crippen LogP contribution in [0.2, 0.25) is 0 Å². The number of hydrogen-bond donors (Lipinski definition) is 0. The van der Waals surface area contributed by atoms with Crippen LogP contribution in [0.4, 0.5) is 0 Å². The minimum absolute atomic E-state index is 0.157. The van der Waals surface area contributed by atoms with Crippen LogP contribution in [0, 0.1) is 0 Å². The number of ether oxygens (including phenoxy) is 6. The first kappa shape index (κ1) is 17.9. The molecule has 0 aromatic carbocycles. The van der Waals surface area contributed by atoms with E-state index in [1.807, 2.05) is 26.0 Å². The number of fused-ring (bicyclic) bond motifs is 1. The normalized spacial score (nSPS) is 43.8. The molecular formula is C19H30O6. The summed E-state index contributed by atoms with van der Waals surface area (Å²) in [5, 5.41) is 0. The van der Waals surface area contributed by atoms with Crippen molar-refractivity contribution in [2.75, 3.05) is 13.2 Å². The fourth-order valence-corrected chi connectivity index (χ4v) is 4.00. The molecule has 25 heavy (non-hydrogen) atoms. The van der Waals surface area contributed by atoms with Gasteiger partial charge in [0.05, 0.1) is 0 Å². The summed E-state index contributed by atoms with van der Waals surface area (Å²) >= 11 is 0. The Morgan fingerprint density at radius 2 is 1.24 bits per heavy atom. The maximum atomic E-state index is 6.18. The van der Waals surface area contributed by atoms with Crippen molar-refractivity contribution in [2.45, 2.75) is 95.2 Å². The molecule has 0 aromatic heterocycles. The average Bonchev–Trinajstić information content (AvgIpc) is 2.95. The highest BCUT2D eigenvalue weighted by Crippen LogP contribution is 2.38. The van der Waals surface area contributed by atoms with Gasteiger partial charge in [-0.05, 0) is 52.4 Å². The van der Waals surface area contributed by atoms with Gasteiger partial charge < -0.3 is 28.4 Å². The molecule has 3 aliphatic heterocycles. The topological polar surface area (TPSA) is 55.4 Å². The van der Waals surface area contributed by atoms with E-state index in [9.17, 15) is 0 Å². The summed E-state index contributed by atoms with van der Waals surface area (Å²) < 4.78 is 36.1. The van der Waals surface area contributed by atoms with Crippen LogP contribution in [0.25, 0.3) is 0 Å². The van der Waals surface area contributed by atoms with E-state index >= 15 is 0 Å². The van der Waals surface area contributed by atoms with E-state index in [2.05, 4.69) is 0 Å². The lowest BCUT2D eigenvalue weighted by atomic mass is 9.95. The summed E-state index contributed by atoms with van der Waals surface area (Å²) in [6.45, 7) is 5.41. The number of rotatable bonds is 4. The van der Waals surface area contributed by atoms with Gasteiger partial charge in [0.25, 0.3) is 0 Å². The Morgan fingerprint density at radius 1 is 0.760 bits per heavy atom. The second-order valence-electron chi connectivity index (χ2n) is 7.74. The highest BCUT2D eigenvalue weighted by Gasteiger charge is 2.51. The zero-order chi connectivity index (χ0) is 17.3. The van der Waals surface area contributed by atoms with Crippen molar-refractivity contribution in [1.82, 2.24) is 0 Å². The van der Waals surface area contributed by atoms with Gasteiger partial charge in [-0.2, -0.15) is 0 Å². The van der Waals surface area contributed by atoms with E-state index in [0.29, 0.717) is 0 Å². The first-order chi connectivity index (χ1) is 12.1. The second-order valence-corrected chi connectivity index (χ2v) is 7.74. The first-order valence-corrected chi connectivity index (χ1v) is 9.69. The molecule has 0 spiro atoms. The quantitative estimate of drug-likeness (QED) is 0.724. The van der Waals surface area contributed by atoms with Crippen LogP contribution in [0.5, 0.6) is 0 Å². The molecule has 142 valence electrons. The molecule has 1 aliphatic carbocycles. The van der Waals surface area contributed by atoms with E-state index in [-0.39, 0.29) is 37.0 Å². The molecule has 6 nitrogen and oxygen atoms in total. The Labute approximate surface area is 149 Å². The molecule has 3 fully saturated rings. The summed E-state index contributed by atoms with van der Waals surface area (Å²) in [5.41, 5.74) is 0. The van der Waals surface area contributed by atoms with Crippen molar-refractivity contribution in [3.05, 3.63) is 12.2 Å². The fraction of sp³-hybridized carbons (Fsp3) is 0.895. The Hall–Kier alpha value is -0.500. The molecule has 6 heteroatoms. The highest BCUT2D eigenvalue weighted by molar-refractivity contribution is 5.12. The van der Waals surface area contributed by atoms with E-state index in [1.165, 1.54) is 0 Å². The third-order valence-electron chi connectivity index (χ3n) is 5.20. The van der Waals surface area contributed by atoms with Crippen molar-refractivity contribution in [3.63, 3.8) is 0 Å². The van der Waals surface area contributed by atoms with Gasteiger partial charge in [0.1, 0.15) is 24.4 Å². The van der Waals surface area contributed by atoms with Crippen molar-refractivity contribution in [2.24, 2.45) is 0 Å². The molecule has 0 saturated carbocycles. The molecule has 6 atom stereocenters. The summed E-state index contributed by atoms with van der Waals surface area (Å²) in [4.78, 5) is 0. The number of hydrogen-bond acceptors (Lipinski definition) is 6. The molecule has 4 aliphatic rings. The third kappa shape index (κ3) is 4.26. The van der Waals surface area contributed by atoms with Gasteiger partial charge in [0.15, 0.2) is 18.4 Å². The lowest BCUT2D eigenvalue weighted by Crippen LogP contribution is -2.49. The second kappa shape index (κ2) is 7.62. The van der Waals surface area contributed by atoms with Crippen LogP contribution >= 0.6 is 0 Å². The molecule has 0 aromatic rings. The van der Waals surface area contributed by atoms with E-state index in [0.717, 1.165) is 51.7 Å². The van der Waals surface area contributed by atoms with Gasteiger partial charge in [0.2, 0.25) is 0 Å². The molecule has 4 rings (SSSR count). The van der Waals surface area contributed by atoms with E-state index in [1.54, 1.807) is 0 Å². The minimum Gasteiger partial charge on any atom is -0.353 e. The average molecular weight is 354 g/mol. The lowest BCUT2D eigenvalue weighted by Gasteiger charge is -2.36. The van der Waals surface area contributed by atoms with Gasteiger partial charge >= 0.3 is 0 Å². The van der Waals surface area contributed by atoms with E-state index in [4.69, 9.17) is 28.4 Å². The van der Waals surface area contributed by atoms with Crippen LogP contribution in [0.3, 0.4) is 0 Å². The van der Waals surface area contributed by atoms with Crippen molar-refractivity contribution in [1.29, 1.82) is 0 Å². The first-order valence-electron chi connectivity index (χ1n) is 9.69. The zero-order valence-corrected chi connectivity index (χ0v) is 15.2. The monoisotopic (exact) mass is 354 g/mol. The predicted molar refractivity (Wildman–Crippen MR) is 89.9 cm³/mol. The Bertz CT molecular complexity index is 427. The SMILES string of the molecule is CC1(C)O[C@H]2[C@H](O1)[C@H](OC1CCCCO1)C=C[C@H]2OC1CCCCO1. The summed E-state index contributed by atoms with van der Waals surface area (Å²) in [6, 6.07) is 0. The fourth-order valence-electron chi connectivity index (χ4n) is 4.00. The Kier molecular flexibility index (Phi) is 5.46. The van der Waals surface area contributed by atoms with Gasteiger partial charge in [-0.25, -0.2) is 0 Å². The van der Waals surface area contributed by atoms with Crippen LogP contribution < -0.4 is 0 Å². The van der Waals surface area contributed by atoms with Crippen LogP contribution in [0.15, 0.2) is 12.2 Å².